The number of nitrogens with one attached hydrogen (secondary N) is 1. The lowest BCUT2D eigenvalue weighted by Gasteiger charge is -2.24. The van der Waals surface area contributed by atoms with E-state index in [-0.39, 0.29) is 6.09 Å². The molecule has 3 aromatic rings. The van der Waals surface area contributed by atoms with Gasteiger partial charge in [0.25, 0.3) is 0 Å². The molecule has 0 aliphatic heterocycles. The van der Waals surface area contributed by atoms with Crippen molar-refractivity contribution >= 4 is 45.1 Å². The maximum atomic E-state index is 12.1. The van der Waals surface area contributed by atoms with Crippen LogP contribution in [0, 0.1) is 0 Å². The fraction of sp³-hybridized carbons (Fsp3) is 0.409. The normalized spacial score (nSPS) is 11.0. The third kappa shape index (κ3) is 6.58. The summed E-state index contributed by atoms with van der Waals surface area (Å²) in [7, 11) is 1.71. The number of carbonyl (C=O) groups is 1. The monoisotopic (exact) mass is 509 g/mol. The molecule has 0 bridgehead atoms. The zero-order valence-corrected chi connectivity index (χ0v) is 21.1. The molecular weight excluding hydrogens is 482 g/mol. The Morgan fingerprint density at radius 3 is 2.61 bits per heavy atom. The van der Waals surface area contributed by atoms with Crippen LogP contribution in [-0.4, -0.2) is 51.3 Å². The average Bonchev–Trinajstić information content (AvgIpc) is 3.09. The molecule has 2 heterocycles. The topological polar surface area (TPSA) is 71.8 Å². The number of nitrogens with zero attached hydrogens (tertiary/aromatic N) is 4. The van der Waals surface area contributed by atoms with Crippen LogP contribution in [0.15, 0.2) is 41.0 Å². The molecular formula is C22H29BrClN5O2. The van der Waals surface area contributed by atoms with Gasteiger partial charge in [-0.1, -0.05) is 43.6 Å². The van der Waals surface area contributed by atoms with Crippen LogP contribution in [0.5, 0.6) is 0 Å². The Kier molecular flexibility index (Phi) is 8.70. The quantitative estimate of drug-likeness (QED) is 0.448. The van der Waals surface area contributed by atoms with Crippen molar-refractivity contribution in [3.63, 3.8) is 0 Å². The van der Waals surface area contributed by atoms with Gasteiger partial charge in [0.15, 0.2) is 5.65 Å². The smallest absolute Gasteiger partial charge is 0.410 e. The zero-order chi connectivity index (χ0) is 23.2. The number of halogens is 2. The predicted octanol–water partition coefficient (Wildman–Crippen LogP) is 6.12. The van der Waals surface area contributed by atoms with Gasteiger partial charge in [0.05, 0.1) is 16.4 Å². The van der Waals surface area contributed by atoms with Crippen molar-refractivity contribution < 1.29 is 9.53 Å². The molecule has 2 aromatic heterocycles. The van der Waals surface area contributed by atoms with Gasteiger partial charge in [0.1, 0.15) is 11.4 Å². The lowest BCUT2D eigenvalue weighted by molar-refractivity contribution is 0.0305. The van der Waals surface area contributed by atoms with Crippen LogP contribution in [0.4, 0.5) is 10.6 Å². The van der Waals surface area contributed by atoms with Gasteiger partial charge in [0.2, 0.25) is 0 Å². The first-order chi connectivity index (χ1) is 14.7. The van der Waals surface area contributed by atoms with Crippen LogP contribution in [0.1, 0.15) is 34.6 Å². The minimum atomic E-state index is -0.527. The van der Waals surface area contributed by atoms with Gasteiger partial charge in [-0.15, -0.1) is 0 Å². The maximum Gasteiger partial charge on any atom is 0.410 e. The van der Waals surface area contributed by atoms with E-state index in [4.69, 9.17) is 16.3 Å². The van der Waals surface area contributed by atoms with Crippen LogP contribution in [0.2, 0.25) is 5.02 Å². The highest BCUT2D eigenvalue weighted by molar-refractivity contribution is 9.10. The Bertz CT molecular complexity index is 1030. The van der Waals surface area contributed by atoms with Gasteiger partial charge >= 0.3 is 6.09 Å². The molecule has 1 N–H and O–H groups in total. The number of rotatable bonds is 5. The highest BCUT2D eigenvalue weighted by Crippen LogP contribution is 2.30. The van der Waals surface area contributed by atoms with Crippen molar-refractivity contribution in [2.45, 2.75) is 40.2 Å². The van der Waals surface area contributed by atoms with E-state index >= 15 is 0 Å². The second-order valence-corrected chi connectivity index (χ2v) is 8.82. The van der Waals surface area contributed by atoms with Gasteiger partial charge in [-0.05, 0) is 42.8 Å². The zero-order valence-electron chi connectivity index (χ0n) is 18.7. The van der Waals surface area contributed by atoms with E-state index in [2.05, 4.69) is 31.3 Å². The van der Waals surface area contributed by atoms with Crippen molar-refractivity contribution in [2.75, 3.05) is 25.5 Å². The molecule has 1 amide bonds. The Labute approximate surface area is 196 Å². The Morgan fingerprint density at radius 1 is 1.29 bits per heavy atom. The fourth-order valence-electron chi connectivity index (χ4n) is 2.65. The number of aromatic nitrogens is 3. The number of ether oxygens (including phenoxy) is 1. The number of anilines is 1. The van der Waals surface area contributed by atoms with Crippen molar-refractivity contribution in [3.8, 4) is 11.3 Å². The summed E-state index contributed by atoms with van der Waals surface area (Å²) in [6, 6.07) is 9.44. The third-order valence-corrected chi connectivity index (χ3v) is 4.93. The lowest BCUT2D eigenvalue weighted by atomic mass is 10.1. The molecule has 0 saturated carbocycles. The van der Waals surface area contributed by atoms with Gasteiger partial charge < -0.3 is 15.0 Å². The molecule has 168 valence electrons. The summed E-state index contributed by atoms with van der Waals surface area (Å²) >= 11 is 9.85. The van der Waals surface area contributed by atoms with E-state index in [9.17, 15) is 4.79 Å². The number of likely N-dealkylation sites (N-methyl/N-ethyl adjacent to an activating group) is 1. The summed E-state index contributed by atoms with van der Waals surface area (Å²) in [5.41, 5.74) is 1.71. The number of benzene rings is 1. The van der Waals surface area contributed by atoms with Crippen LogP contribution < -0.4 is 5.32 Å². The van der Waals surface area contributed by atoms with Crippen LogP contribution in [0.25, 0.3) is 16.9 Å². The largest absolute Gasteiger partial charge is 0.444 e. The van der Waals surface area contributed by atoms with E-state index in [1.165, 1.54) is 4.90 Å². The van der Waals surface area contributed by atoms with E-state index in [0.29, 0.717) is 23.8 Å². The highest BCUT2D eigenvalue weighted by atomic mass is 79.9. The molecule has 1 aromatic carbocycles. The van der Waals surface area contributed by atoms with Crippen molar-refractivity contribution in [2.24, 2.45) is 0 Å². The van der Waals surface area contributed by atoms with Gasteiger partial charge in [-0.2, -0.15) is 9.61 Å². The summed E-state index contributed by atoms with van der Waals surface area (Å²) in [6.07, 6.45) is 1.33. The first kappa shape index (κ1) is 24.9. The number of fused-ring (bicyclic) bond motifs is 1. The standard InChI is InChI=1S/C20H23BrClN5O2.C2H6/c1-20(2,3)29-19(28)26(4)10-9-23-17-11-16(13-7-5-6-8-15(13)22)25-18-14(21)12-24-27(17)18;1-2/h5-8,11-12,23H,9-10H2,1-4H3;1-2H3. The molecule has 0 saturated heterocycles. The molecule has 3 rings (SSSR count). The molecule has 0 atom stereocenters. The first-order valence-corrected chi connectivity index (χ1v) is 11.3. The van der Waals surface area contributed by atoms with Crippen molar-refractivity contribution in [3.05, 3.63) is 46.0 Å². The summed E-state index contributed by atoms with van der Waals surface area (Å²) in [6.45, 7) is 10.5. The number of amides is 1. The second-order valence-electron chi connectivity index (χ2n) is 7.56. The summed E-state index contributed by atoms with van der Waals surface area (Å²) in [4.78, 5) is 18.3. The maximum absolute atomic E-state index is 12.1. The third-order valence-electron chi connectivity index (χ3n) is 4.04. The average molecular weight is 511 g/mol. The number of hydrogen-bond donors (Lipinski definition) is 1. The molecule has 0 aliphatic carbocycles. The SMILES string of the molecule is CC.CN(CCNc1cc(-c2ccccc2Cl)nc2c(Br)cnn12)C(=O)OC(C)(C)C. The lowest BCUT2D eigenvalue weighted by Crippen LogP contribution is -2.36. The number of hydrogen-bond acceptors (Lipinski definition) is 5. The Morgan fingerprint density at radius 2 is 1.97 bits per heavy atom. The van der Waals surface area contributed by atoms with E-state index in [0.717, 1.165) is 21.5 Å². The Balaban J connectivity index is 0.00000166. The van der Waals surface area contributed by atoms with Crippen molar-refractivity contribution in [1.82, 2.24) is 19.5 Å². The van der Waals surface area contributed by atoms with Crippen LogP contribution in [0.3, 0.4) is 0 Å². The van der Waals surface area contributed by atoms with Crippen LogP contribution >= 0.6 is 27.5 Å². The number of carbonyl (C=O) groups excluding carboxylic acids is 1. The first-order valence-electron chi connectivity index (χ1n) is 10.1. The van der Waals surface area contributed by atoms with Crippen LogP contribution in [-0.2, 0) is 4.74 Å². The van der Waals surface area contributed by atoms with Gasteiger partial charge in [-0.25, -0.2) is 9.78 Å². The molecule has 0 aliphatic rings. The summed E-state index contributed by atoms with van der Waals surface area (Å²) in [5, 5.41) is 8.31. The fourth-order valence-corrected chi connectivity index (χ4v) is 3.23. The minimum Gasteiger partial charge on any atom is -0.444 e. The van der Waals surface area contributed by atoms with E-state index < -0.39 is 5.60 Å². The molecule has 31 heavy (non-hydrogen) atoms. The van der Waals surface area contributed by atoms with Gasteiger partial charge in [0, 0.05) is 36.8 Å². The molecule has 0 unspecified atom stereocenters. The molecule has 0 fully saturated rings. The minimum absolute atomic E-state index is 0.363. The Hall–Kier alpha value is -2.32. The summed E-state index contributed by atoms with van der Waals surface area (Å²) < 4.78 is 7.86. The molecule has 9 heteroatoms. The highest BCUT2D eigenvalue weighted by Gasteiger charge is 2.19. The second kappa shape index (κ2) is 10.8. The molecule has 0 spiro atoms. The summed E-state index contributed by atoms with van der Waals surface area (Å²) in [5.74, 6) is 0.744. The van der Waals surface area contributed by atoms with Crippen molar-refractivity contribution in [1.29, 1.82) is 0 Å². The molecule has 7 nitrogen and oxygen atoms in total. The molecule has 0 radical (unpaired) electrons. The van der Waals surface area contributed by atoms with E-state index in [1.807, 2.05) is 65.0 Å². The van der Waals surface area contributed by atoms with E-state index in [1.54, 1.807) is 17.8 Å². The van der Waals surface area contributed by atoms with Gasteiger partial charge in [-0.3, -0.25) is 0 Å². The predicted molar refractivity (Wildman–Crippen MR) is 130 cm³/mol.